The average Bonchev–Trinajstić information content (AvgIpc) is 2.59. The molecule has 0 aromatic heterocycles. The smallest absolute Gasteiger partial charge is 0.270 e. The number of aryl methyl sites for hydroxylation is 1. The van der Waals surface area contributed by atoms with Crippen molar-refractivity contribution in [3.05, 3.63) is 63.2 Å². The van der Waals surface area contributed by atoms with E-state index in [1.54, 1.807) is 0 Å². The lowest BCUT2D eigenvalue weighted by atomic mass is 10.1. The number of non-ortho nitro benzene ring substituents is 1. The monoisotopic (exact) mass is 315 g/mol. The lowest BCUT2D eigenvalue weighted by molar-refractivity contribution is -0.385. The third kappa shape index (κ3) is 3.43. The minimum absolute atomic E-state index is 0.0127. The number of nitro benzene ring substituents is 1. The number of nitro groups is 1. The van der Waals surface area contributed by atoms with Crippen LogP contribution in [0.5, 0.6) is 11.5 Å². The van der Waals surface area contributed by atoms with Crippen LogP contribution in [0.25, 0.3) is 0 Å². The Hall–Kier alpha value is -2.60. The summed E-state index contributed by atoms with van der Waals surface area (Å²) >= 11 is 0. The van der Waals surface area contributed by atoms with Crippen LogP contribution in [0.15, 0.2) is 36.4 Å². The van der Waals surface area contributed by atoms with Gasteiger partial charge < -0.3 is 14.2 Å². The summed E-state index contributed by atoms with van der Waals surface area (Å²) in [7, 11) is 0. The molecule has 3 rings (SSSR count). The molecule has 0 aliphatic carbocycles. The number of benzene rings is 2. The number of hydrogen-bond donors (Lipinski definition) is 0. The van der Waals surface area contributed by atoms with E-state index in [-0.39, 0.29) is 19.1 Å². The van der Waals surface area contributed by atoms with Gasteiger partial charge in [-0.05, 0) is 24.1 Å². The van der Waals surface area contributed by atoms with Gasteiger partial charge in [-0.25, -0.2) is 0 Å². The van der Waals surface area contributed by atoms with Crippen molar-refractivity contribution in [2.75, 3.05) is 6.79 Å². The number of nitrogens with zero attached hydrogens (tertiary/aromatic N) is 1. The molecule has 0 spiro atoms. The van der Waals surface area contributed by atoms with Crippen LogP contribution in [0.1, 0.15) is 23.6 Å². The van der Waals surface area contributed by atoms with Crippen LogP contribution >= 0.6 is 0 Å². The highest BCUT2D eigenvalue weighted by Gasteiger charge is 2.21. The van der Waals surface area contributed by atoms with E-state index in [9.17, 15) is 10.1 Å². The molecule has 6 nitrogen and oxygen atoms in total. The van der Waals surface area contributed by atoms with E-state index >= 15 is 0 Å². The molecule has 0 radical (unpaired) electrons. The molecule has 1 heterocycles. The Balaban J connectivity index is 1.86. The fraction of sp³-hybridized carbons (Fsp3) is 0.294. The van der Waals surface area contributed by atoms with Crippen LogP contribution in [-0.4, -0.2) is 11.7 Å². The van der Waals surface area contributed by atoms with Crippen LogP contribution < -0.4 is 9.47 Å². The van der Waals surface area contributed by atoms with Crippen molar-refractivity contribution < 1.29 is 19.1 Å². The second kappa shape index (κ2) is 6.66. The molecule has 23 heavy (non-hydrogen) atoms. The standard InChI is InChI=1S/C17H17NO5/c1-2-12-4-3-5-16(6-12)22-10-14-8-15(18(19)20)7-13-9-21-11-23-17(13)14/h3-8H,2,9-11H2,1H3. The zero-order valence-electron chi connectivity index (χ0n) is 12.8. The summed E-state index contributed by atoms with van der Waals surface area (Å²) in [5.41, 5.74) is 2.51. The topological polar surface area (TPSA) is 70.8 Å². The summed E-state index contributed by atoms with van der Waals surface area (Å²) < 4.78 is 16.5. The molecule has 1 aliphatic heterocycles. The van der Waals surface area contributed by atoms with Gasteiger partial charge >= 0.3 is 0 Å². The molecule has 0 saturated heterocycles. The molecule has 0 N–H and O–H groups in total. The molecule has 2 aromatic rings. The van der Waals surface area contributed by atoms with Crippen molar-refractivity contribution in [1.82, 2.24) is 0 Å². The van der Waals surface area contributed by atoms with Gasteiger partial charge in [0, 0.05) is 23.3 Å². The normalized spacial score (nSPS) is 13.1. The van der Waals surface area contributed by atoms with Gasteiger partial charge in [-0.2, -0.15) is 0 Å². The first-order valence-electron chi connectivity index (χ1n) is 7.40. The summed E-state index contributed by atoms with van der Waals surface area (Å²) in [6, 6.07) is 10.8. The molecular formula is C17H17NO5. The summed E-state index contributed by atoms with van der Waals surface area (Å²) in [6.45, 7) is 2.72. The Morgan fingerprint density at radius 3 is 2.96 bits per heavy atom. The summed E-state index contributed by atoms with van der Waals surface area (Å²) in [5.74, 6) is 1.35. The second-order valence-electron chi connectivity index (χ2n) is 5.25. The van der Waals surface area contributed by atoms with Crippen molar-refractivity contribution in [2.45, 2.75) is 26.6 Å². The first kappa shape index (κ1) is 15.3. The molecule has 1 aliphatic rings. The van der Waals surface area contributed by atoms with Gasteiger partial charge in [-0.1, -0.05) is 19.1 Å². The Labute approximate surface area is 133 Å². The third-order valence-corrected chi connectivity index (χ3v) is 3.68. The van der Waals surface area contributed by atoms with Crippen molar-refractivity contribution in [2.24, 2.45) is 0 Å². The maximum Gasteiger partial charge on any atom is 0.270 e. The van der Waals surface area contributed by atoms with Crippen molar-refractivity contribution in [1.29, 1.82) is 0 Å². The van der Waals surface area contributed by atoms with E-state index in [1.165, 1.54) is 17.7 Å². The van der Waals surface area contributed by atoms with Gasteiger partial charge in [0.25, 0.3) is 5.69 Å². The van der Waals surface area contributed by atoms with E-state index in [1.807, 2.05) is 24.3 Å². The zero-order chi connectivity index (χ0) is 16.2. The van der Waals surface area contributed by atoms with Gasteiger partial charge in [0.05, 0.1) is 11.5 Å². The number of rotatable bonds is 5. The minimum Gasteiger partial charge on any atom is -0.489 e. The van der Waals surface area contributed by atoms with E-state index in [4.69, 9.17) is 14.2 Å². The van der Waals surface area contributed by atoms with Crippen LogP contribution in [-0.2, 0) is 24.4 Å². The highest BCUT2D eigenvalue weighted by molar-refractivity contribution is 5.50. The Morgan fingerprint density at radius 1 is 1.30 bits per heavy atom. The number of hydrogen-bond acceptors (Lipinski definition) is 5. The zero-order valence-corrected chi connectivity index (χ0v) is 12.8. The highest BCUT2D eigenvalue weighted by atomic mass is 16.7. The molecule has 0 saturated carbocycles. The number of ether oxygens (including phenoxy) is 3. The van der Waals surface area contributed by atoms with E-state index in [0.29, 0.717) is 23.5 Å². The fourth-order valence-electron chi connectivity index (χ4n) is 2.51. The molecule has 0 bridgehead atoms. The van der Waals surface area contributed by atoms with Gasteiger partial charge in [0.15, 0.2) is 6.79 Å². The first-order chi connectivity index (χ1) is 11.2. The average molecular weight is 315 g/mol. The molecule has 2 aromatic carbocycles. The first-order valence-corrected chi connectivity index (χ1v) is 7.40. The summed E-state index contributed by atoms with van der Waals surface area (Å²) in [5, 5.41) is 11.1. The molecule has 0 amide bonds. The third-order valence-electron chi connectivity index (χ3n) is 3.68. The number of fused-ring (bicyclic) bond motifs is 1. The highest BCUT2D eigenvalue weighted by Crippen LogP contribution is 2.33. The Kier molecular flexibility index (Phi) is 4.43. The predicted octanol–water partition coefficient (Wildman–Crippen LogP) is 3.60. The van der Waals surface area contributed by atoms with Crippen LogP contribution in [0.2, 0.25) is 0 Å². The second-order valence-corrected chi connectivity index (χ2v) is 5.25. The lowest BCUT2D eigenvalue weighted by Gasteiger charge is -2.20. The summed E-state index contributed by atoms with van der Waals surface area (Å²) in [6.07, 6.45) is 0.920. The van der Waals surface area contributed by atoms with Gasteiger partial charge in [0.1, 0.15) is 18.1 Å². The van der Waals surface area contributed by atoms with Crippen LogP contribution in [0.4, 0.5) is 5.69 Å². The Morgan fingerprint density at radius 2 is 2.17 bits per heavy atom. The van der Waals surface area contributed by atoms with Crippen molar-refractivity contribution >= 4 is 5.69 Å². The molecule has 0 unspecified atom stereocenters. The largest absolute Gasteiger partial charge is 0.489 e. The Bertz CT molecular complexity index is 729. The quantitative estimate of drug-likeness (QED) is 0.622. The predicted molar refractivity (Wildman–Crippen MR) is 83.5 cm³/mol. The van der Waals surface area contributed by atoms with E-state index in [0.717, 1.165) is 12.2 Å². The molecule has 0 atom stereocenters. The molecular weight excluding hydrogens is 298 g/mol. The van der Waals surface area contributed by atoms with Gasteiger partial charge in [0.2, 0.25) is 0 Å². The molecule has 6 heteroatoms. The van der Waals surface area contributed by atoms with E-state index < -0.39 is 4.92 Å². The molecule has 120 valence electrons. The van der Waals surface area contributed by atoms with Crippen molar-refractivity contribution in [3.8, 4) is 11.5 Å². The minimum atomic E-state index is -0.421. The van der Waals surface area contributed by atoms with Gasteiger partial charge in [-0.15, -0.1) is 0 Å². The fourth-order valence-corrected chi connectivity index (χ4v) is 2.51. The van der Waals surface area contributed by atoms with Gasteiger partial charge in [-0.3, -0.25) is 10.1 Å². The van der Waals surface area contributed by atoms with Crippen LogP contribution in [0, 0.1) is 10.1 Å². The molecule has 0 fully saturated rings. The van der Waals surface area contributed by atoms with Crippen LogP contribution in [0.3, 0.4) is 0 Å². The van der Waals surface area contributed by atoms with E-state index in [2.05, 4.69) is 6.92 Å². The summed E-state index contributed by atoms with van der Waals surface area (Å²) in [4.78, 5) is 10.7. The lowest BCUT2D eigenvalue weighted by Crippen LogP contribution is -2.14. The SMILES string of the molecule is CCc1cccc(OCc2cc([N+](=O)[O-])cc3c2OCOC3)c1. The maximum atomic E-state index is 11.1. The van der Waals surface area contributed by atoms with Crippen molar-refractivity contribution in [3.63, 3.8) is 0 Å². The maximum absolute atomic E-state index is 11.1.